The predicted octanol–water partition coefficient (Wildman–Crippen LogP) is 3.70. The molecular formula is C16H20Cl3N3O2S. The van der Waals surface area contributed by atoms with E-state index in [0.717, 1.165) is 22.9 Å². The van der Waals surface area contributed by atoms with Crippen LogP contribution in [0.2, 0.25) is 5.02 Å². The fourth-order valence-corrected chi connectivity index (χ4v) is 3.58. The van der Waals surface area contributed by atoms with Crippen LogP contribution in [0.4, 0.5) is 0 Å². The molecule has 1 amide bonds. The summed E-state index contributed by atoms with van der Waals surface area (Å²) in [5.41, 5.74) is 6.62. The summed E-state index contributed by atoms with van der Waals surface area (Å²) in [7, 11) is 0. The van der Waals surface area contributed by atoms with E-state index < -0.39 is 0 Å². The van der Waals surface area contributed by atoms with Crippen molar-refractivity contribution in [2.75, 3.05) is 13.1 Å². The third-order valence-corrected chi connectivity index (χ3v) is 5.09. The normalized spacial score (nSPS) is 16.1. The minimum absolute atomic E-state index is 0. The van der Waals surface area contributed by atoms with Crippen molar-refractivity contribution in [2.24, 2.45) is 5.73 Å². The smallest absolute Gasteiger partial charge is 0.265 e. The second-order valence-corrected chi connectivity index (χ2v) is 7.08. The Kier molecular flexibility index (Phi) is 8.44. The van der Waals surface area contributed by atoms with Gasteiger partial charge in [0.15, 0.2) is 0 Å². The van der Waals surface area contributed by atoms with Gasteiger partial charge >= 0.3 is 0 Å². The number of hydrogen-bond donors (Lipinski definition) is 1. The van der Waals surface area contributed by atoms with Crippen molar-refractivity contribution in [2.45, 2.75) is 26.0 Å². The van der Waals surface area contributed by atoms with Crippen molar-refractivity contribution in [3.05, 3.63) is 44.9 Å². The van der Waals surface area contributed by atoms with Crippen molar-refractivity contribution in [1.29, 1.82) is 0 Å². The molecular weight excluding hydrogens is 405 g/mol. The summed E-state index contributed by atoms with van der Waals surface area (Å²) < 4.78 is 5.68. The van der Waals surface area contributed by atoms with Crippen molar-refractivity contribution in [3.8, 4) is 5.75 Å². The molecule has 1 aromatic heterocycles. The highest BCUT2D eigenvalue weighted by atomic mass is 35.5. The van der Waals surface area contributed by atoms with Crippen LogP contribution in [0.25, 0.3) is 0 Å². The molecule has 9 heteroatoms. The Morgan fingerprint density at radius 1 is 1.40 bits per heavy atom. The number of benzene rings is 1. The van der Waals surface area contributed by atoms with Crippen LogP contribution in [0.15, 0.2) is 24.3 Å². The van der Waals surface area contributed by atoms with Crippen LogP contribution in [0.5, 0.6) is 5.75 Å². The predicted molar refractivity (Wildman–Crippen MR) is 106 cm³/mol. The molecule has 1 aliphatic heterocycles. The van der Waals surface area contributed by atoms with Crippen molar-refractivity contribution in [3.63, 3.8) is 0 Å². The van der Waals surface area contributed by atoms with Gasteiger partial charge in [0.25, 0.3) is 5.91 Å². The molecule has 0 bridgehead atoms. The average Bonchev–Trinajstić information content (AvgIpc) is 3.12. The number of nitrogens with two attached hydrogens (primary N) is 1. The maximum atomic E-state index is 12.5. The zero-order valence-electron chi connectivity index (χ0n) is 13.6. The summed E-state index contributed by atoms with van der Waals surface area (Å²) in [4.78, 5) is 19.4. The van der Waals surface area contributed by atoms with Gasteiger partial charge in [-0.05, 0) is 37.6 Å². The topological polar surface area (TPSA) is 68.5 Å². The minimum atomic E-state index is 0. The number of thiazole rings is 1. The van der Waals surface area contributed by atoms with Crippen LogP contribution in [0, 0.1) is 6.92 Å². The number of carbonyl (C=O) groups is 1. The molecule has 3 rings (SSSR count). The van der Waals surface area contributed by atoms with Crippen molar-refractivity contribution >= 4 is 53.7 Å². The maximum Gasteiger partial charge on any atom is 0.265 e. The molecule has 1 aromatic carbocycles. The van der Waals surface area contributed by atoms with E-state index in [1.165, 1.54) is 11.3 Å². The monoisotopic (exact) mass is 423 g/mol. The molecule has 0 spiro atoms. The summed E-state index contributed by atoms with van der Waals surface area (Å²) >= 11 is 7.23. The molecule has 2 N–H and O–H groups in total. The highest BCUT2D eigenvalue weighted by Gasteiger charge is 2.27. The van der Waals surface area contributed by atoms with Crippen molar-refractivity contribution < 1.29 is 9.53 Å². The number of likely N-dealkylation sites (tertiary alicyclic amines) is 1. The lowest BCUT2D eigenvalue weighted by atomic mass is 10.3. The molecule has 0 aliphatic carbocycles. The summed E-state index contributed by atoms with van der Waals surface area (Å²) in [6.07, 6.45) is 0.857. The first-order chi connectivity index (χ1) is 11.0. The third kappa shape index (κ3) is 5.46. The Balaban J connectivity index is 0.00000156. The van der Waals surface area contributed by atoms with Crippen LogP contribution in [0.1, 0.15) is 26.8 Å². The summed E-state index contributed by atoms with van der Waals surface area (Å²) in [5.74, 6) is 0.742. The van der Waals surface area contributed by atoms with Gasteiger partial charge in [-0.15, -0.1) is 36.2 Å². The number of rotatable bonds is 4. The zero-order chi connectivity index (χ0) is 16.4. The molecule has 1 saturated heterocycles. The van der Waals surface area contributed by atoms with E-state index in [0.29, 0.717) is 29.6 Å². The fourth-order valence-electron chi connectivity index (χ4n) is 2.50. The molecule has 2 heterocycles. The van der Waals surface area contributed by atoms with Gasteiger partial charge in [0.1, 0.15) is 22.2 Å². The number of aromatic nitrogens is 1. The highest BCUT2D eigenvalue weighted by molar-refractivity contribution is 7.13. The highest BCUT2D eigenvalue weighted by Crippen LogP contribution is 2.24. The van der Waals surface area contributed by atoms with Gasteiger partial charge in [0, 0.05) is 24.2 Å². The van der Waals surface area contributed by atoms with Crippen molar-refractivity contribution in [1.82, 2.24) is 9.88 Å². The number of aryl methyl sites for hydroxylation is 1. The molecule has 1 unspecified atom stereocenters. The quantitative estimate of drug-likeness (QED) is 0.812. The van der Waals surface area contributed by atoms with Gasteiger partial charge in [-0.1, -0.05) is 11.6 Å². The zero-order valence-corrected chi connectivity index (χ0v) is 16.8. The van der Waals surface area contributed by atoms with Gasteiger partial charge in [-0.2, -0.15) is 0 Å². The van der Waals surface area contributed by atoms with Crippen LogP contribution < -0.4 is 10.5 Å². The summed E-state index contributed by atoms with van der Waals surface area (Å²) in [6.45, 7) is 3.52. The van der Waals surface area contributed by atoms with E-state index in [1.54, 1.807) is 29.2 Å². The van der Waals surface area contributed by atoms with E-state index in [9.17, 15) is 4.79 Å². The van der Waals surface area contributed by atoms with Crippen LogP contribution in [-0.2, 0) is 6.61 Å². The van der Waals surface area contributed by atoms with Crippen LogP contribution in [0.3, 0.4) is 0 Å². The lowest BCUT2D eigenvalue weighted by molar-refractivity contribution is 0.0794. The lowest BCUT2D eigenvalue weighted by Gasteiger charge is -2.14. The van der Waals surface area contributed by atoms with Gasteiger partial charge in [0.05, 0.1) is 5.69 Å². The number of nitrogens with zero attached hydrogens (tertiary/aromatic N) is 2. The number of halogens is 3. The molecule has 138 valence electrons. The Bertz CT molecular complexity index is 709. The lowest BCUT2D eigenvalue weighted by Crippen LogP contribution is -2.31. The molecule has 0 saturated carbocycles. The number of amides is 1. The third-order valence-electron chi connectivity index (χ3n) is 3.72. The summed E-state index contributed by atoms with van der Waals surface area (Å²) in [6, 6.07) is 7.24. The Morgan fingerprint density at radius 3 is 2.68 bits per heavy atom. The number of hydrogen-bond acceptors (Lipinski definition) is 5. The molecule has 1 atom stereocenters. The Hall–Kier alpha value is -1.05. The molecule has 2 aromatic rings. The van der Waals surface area contributed by atoms with E-state index in [4.69, 9.17) is 22.1 Å². The Labute approximate surface area is 168 Å². The number of carbonyl (C=O) groups excluding carboxylic acids is 1. The molecule has 0 radical (unpaired) electrons. The van der Waals surface area contributed by atoms with Crippen LogP contribution in [-0.4, -0.2) is 34.9 Å². The minimum Gasteiger partial charge on any atom is -0.486 e. The van der Waals surface area contributed by atoms with Gasteiger partial charge in [-0.3, -0.25) is 4.79 Å². The Morgan fingerprint density at radius 2 is 2.08 bits per heavy atom. The van der Waals surface area contributed by atoms with Gasteiger partial charge in [-0.25, -0.2) is 4.98 Å². The maximum absolute atomic E-state index is 12.5. The largest absolute Gasteiger partial charge is 0.486 e. The molecule has 5 nitrogen and oxygen atoms in total. The van der Waals surface area contributed by atoms with Crippen LogP contribution >= 0.6 is 47.8 Å². The molecule has 25 heavy (non-hydrogen) atoms. The number of ether oxygens (including phenoxy) is 1. The fraction of sp³-hybridized carbons (Fsp3) is 0.375. The van der Waals surface area contributed by atoms with E-state index in [-0.39, 0.29) is 36.8 Å². The van der Waals surface area contributed by atoms with E-state index in [1.807, 2.05) is 6.92 Å². The first-order valence-corrected chi connectivity index (χ1v) is 8.62. The first-order valence-electron chi connectivity index (χ1n) is 7.42. The van der Waals surface area contributed by atoms with Gasteiger partial charge in [0.2, 0.25) is 0 Å². The SMILES string of the molecule is Cc1nc(COc2ccc(Cl)cc2)sc1C(=O)N1CCC(N)C1.Cl.Cl. The molecule has 1 fully saturated rings. The first kappa shape index (κ1) is 22.0. The second kappa shape index (κ2) is 9.59. The second-order valence-electron chi connectivity index (χ2n) is 5.56. The average molecular weight is 425 g/mol. The standard InChI is InChI=1S/C16H18ClN3O2S.2ClH/c1-10-15(16(21)20-7-6-12(18)8-20)23-14(19-10)9-22-13-4-2-11(17)3-5-13;;/h2-5,12H,6-9,18H2,1H3;2*1H. The molecule has 1 aliphatic rings. The van der Waals surface area contributed by atoms with E-state index >= 15 is 0 Å². The van der Waals surface area contributed by atoms with Gasteiger partial charge < -0.3 is 15.4 Å². The summed E-state index contributed by atoms with van der Waals surface area (Å²) in [5, 5.41) is 1.45. The van der Waals surface area contributed by atoms with E-state index in [2.05, 4.69) is 4.98 Å².